The zero-order chi connectivity index (χ0) is 20.8. The Morgan fingerprint density at radius 1 is 0.594 bits per heavy atom. The van der Waals surface area contributed by atoms with Gasteiger partial charge < -0.3 is 4.40 Å². The van der Waals surface area contributed by atoms with Gasteiger partial charge in [0.25, 0.3) is 0 Å². The molecule has 0 aliphatic carbocycles. The van der Waals surface area contributed by atoms with Crippen LogP contribution in [-0.2, 0) is 0 Å². The number of benzene rings is 4. The fourth-order valence-electron chi connectivity index (χ4n) is 5.47. The highest BCUT2D eigenvalue weighted by molar-refractivity contribution is 7.26. The van der Waals surface area contributed by atoms with Crippen molar-refractivity contribution in [2.24, 2.45) is 0 Å². The van der Waals surface area contributed by atoms with Crippen molar-refractivity contribution in [1.82, 2.24) is 9.38 Å². The van der Waals surface area contributed by atoms with Crippen LogP contribution in [0.5, 0.6) is 0 Å². The van der Waals surface area contributed by atoms with Crippen molar-refractivity contribution < 1.29 is 0 Å². The van der Waals surface area contributed by atoms with Crippen molar-refractivity contribution in [2.75, 3.05) is 0 Å². The van der Waals surface area contributed by atoms with Gasteiger partial charge in [0.15, 0.2) is 0 Å². The van der Waals surface area contributed by atoms with E-state index in [-0.39, 0.29) is 0 Å². The van der Waals surface area contributed by atoms with Gasteiger partial charge in [-0.25, -0.2) is 0 Å². The normalized spacial score (nSPS) is 12.4. The number of aromatic nitrogens is 2. The van der Waals surface area contributed by atoms with Gasteiger partial charge in [-0.05, 0) is 42.5 Å². The Kier molecular flexibility index (Phi) is 3.05. The minimum Gasteiger partial charge on any atom is -0.308 e. The van der Waals surface area contributed by atoms with Crippen LogP contribution in [0, 0.1) is 0 Å². The number of hydrogen-bond donors (Lipinski definition) is 0. The van der Waals surface area contributed by atoms with Crippen LogP contribution in [-0.4, -0.2) is 9.38 Å². The van der Waals surface area contributed by atoms with Gasteiger partial charge in [0.1, 0.15) is 0 Å². The molecule has 0 aliphatic rings. The highest BCUT2D eigenvalue weighted by Gasteiger charge is 2.22. The number of thiophene rings is 1. The molecule has 0 radical (unpaired) electrons. The van der Waals surface area contributed by atoms with Crippen LogP contribution >= 0.6 is 11.3 Å². The highest BCUT2D eigenvalue weighted by Crippen LogP contribution is 2.47. The number of pyridine rings is 1. The van der Waals surface area contributed by atoms with Gasteiger partial charge in [-0.3, -0.25) is 4.98 Å². The summed E-state index contributed by atoms with van der Waals surface area (Å²) >= 11 is 1.89. The minimum absolute atomic E-state index is 1.01. The lowest BCUT2D eigenvalue weighted by atomic mass is 10.0. The van der Waals surface area contributed by atoms with Crippen LogP contribution in [0.25, 0.3) is 69.5 Å². The highest BCUT2D eigenvalue weighted by atomic mass is 32.1. The summed E-state index contributed by atoms with van der Waals surface area (Å²) in [5.74, 6) is 0. The molecule has 0 saturated heterocycles. The summed E-state index contributed by atoms with van der Waals surface area (Å²) in [5, 5.41) is 8.06. The molecule has 4 heterocycles. The van der Waals surface area contributed by atoms with E-state index >= 15 is 0 Å². The van der Waals surface area contributed by atoms with Crippen molar-refractivity contribution in [2.45, 2.75) is 0 Å². The molecule has 0 unspecified atom stereocenters. The molecule has 2 nitrogen and oxygen atoms in total. The van der Waals surface area contributed by atoms with E-state index in [4.69, 9.17) is 0 Å². The average Bonchev–Trinajstić information content (AvgIpc) is 3.49. The van der Waals surface area contributed by atoms with E-state index in [2.05, 4.69) is 88.2 Å². The molecule has 0 fully saturated rings. The van der Waals surface area contributed by atoms with Crippen molar-refractivity contribution in [1.29, 1.82) is 0 Å². The van der Waals surface area contributed by atoms with Gasteiger partial charge in [-0.1, -0.05) is 48.5 Å². The first-order chi connectivity index (χ1) is 15.9. The molecule has 32 heavy (non-hydrogen) atoms. The Bertz CT molecular complexity index is 1980. The van der Waals surface area contributed by atoms with E-state index in [1.807, 2.05) is 29.7 Å². The number of hydrogen-bond acceptors (Lipinski definition) is 2. The van der Waals surface area contributed by atoms with Gasteiger partial charge in [0.05, 0.1) is 22.2 Å². The SMILES string of the molecule is c1ccc(-c2ccc3c(c2)c2cc4sc5ccccc5c4c4c5ccccc5n3c24)nc1. The van der Waals surface area contributed by atoms with E-state index in [0.717, 1.165) is 11.3 Å². The van der Waals surface area contributed by atoms with E-state index in [9.17, 15) is 0 Å². The molecule has 148 valence electrons. The molecule has 4 aromatic carbocycles. The summed E-state index contributed by atoms with van der Waals surface area (Å²) < 4.78 is 5.16. The largest absolute Gasteiger partial charge is 0.308 e. The lowest BCUT2D eigenvalue weighted by Gasteiger charge is -2.03. The molecule has 0 aliphatic heterocycles. The molecule has 0 bridgehead atoms. The molecule has 3 heteroatoms. The Hall–Kier alpha value is -3.95. The lowest BCUT2D eigenvalue weighted by Crippen LogP contribution is -1.83. The third-order valence-corrected chi connectivity index (χ3v) is 7.88. The second-order valence-electron chi connectivity index (χ2n) is 8.42. The smallest absolute Gasteiger partial charge is 0.0702 e. The quantitative estimate of drug-likeness (QED) is 0.259. The third-order valence-electron chi connectivity index (χ3n) is 6.77. The van der Waals surface area contributed by atoms with E-state index in [1.165, 1.54) is 58.3 Å². The first-order valence-corrected chi connectivity index (χ1v) is 11.6. The summed E-state index contributed by atoms with van der Waals surface area (Å²) in [6, 6.07) is 32.9. The first kappa shape index (κ1) is 16.7. The summed E-state index contributed by atoms with van der Waals surface area (Å²) in [6.07, 6.45) is 1.86. The second-order valence-corrected chi connectivity index (χ2v) is 9.50. The second kappa shape index (κ2) is 5.84. The van der Waals surface area contributed by atoms with E-state index in [1.54, 1.807) is 0 Å². The van der Waals surface area contributed by atoms with Gasteiger partial charge in [0.2, 0.25) is 0 Å². The molecule has 8 aromatic rings. The maximum atomic E-state index is 4.58. The Morgan fingerprint density at radius 2 is 1.41 bits per heavy atom. The van der Waals surface area contributed by atoms with Crippen molar-refractivity contribution in [3.05, 3.63) is 97.2 Å². The maximum Gasteiger partial charge on any atom is 0.0702 e. The predicted molar refractivity (Wildman–Crippen MR) is 137 cm³/mol. The summed E-state index contributed by atoms with van der Waals surface area (Å²) in [6.45, 7) is 0. The predicted octanol–water partition coefficient (Wildman–Crippen LogP) is 8.27. The monoisotopic (exact) mass is 424 g/mol. The topological polar surface area (TPSA) is 17.3 Å². The van der Waals surface area contributed by atoms with Crippen molar-refractivity contribution >= 4 is 69.6 Å². The number of fused-ring (bicyclic) bond motifs is 10. The minimum atomic E-state index is 1.01. The van der Waals surface area contributed by atoms with Gasteiger partial charge in [-0.15, -0.1) is 11.3 Å². The number of nitrogens with zero attached hydrogens (tertiary/aromatic N) is 2. The molecule has 0 N–H and O–H groups in total. The fraction of sp³-hybridized carbons (Fsp3) is 0. The summed E-state index contributed by atoms with van der Waals surface area (Å²) in [5.41, 5.74) is 6.03. The Morgan fingerprint density at radius 3 is 2.31 bits per heavy atom. The molecule has 4 aromatic heterocycles. The van der Waals surface area contributed by atoms with Gasteiger partial charge in [0, 0.05) is 53.5 Å². The van der Waals surface area contributed by atoms with E-state index < -0.39 is 0 Å². The molecular formula is C29H16N2S. The van der Waals surface area contributed by atoms with Crippen molar-refractivity contribution in [3.63, 3.8) is 0 Å². The molecular weight excluding hydrogens is 408 g/mol. The van der Waals surface area contributed by atoms with Crippen molar-refractivity contribution in [3.8, 4) is 11.3 Å². The summed E-state index contributed by atoms with van der Waals surface area (Å²) in [7, 11) is 0. The van der Waals surface area contributed by atoms with Crippen LogP contribution in [0.1, 0.15) is 0 Å². The van der Waals surface area contributed by atoms with Crippen LogP contribution in [0.15, 0.2) is 97.2 Å². The lowest BCUT2D eigenvalue weighted by molar-refractivity contribution is 1.33. The van der Waals surface area contributed by atoms with Gasteiger partial charge in [-0.2, -0.15) is 0 Å². The standard InChI is InChI=1S/C29H16N2S/c1-3-10-23-18(7-1)28-27-19-8-2-4-11-25(19)32-26(27)16-21-20-15-17(22-9-5-6-14-30-22)12-13-24(20)31(23)29(21)28/h1-16H. The fourth-order valence-corrected chi connectivity index (χ4v) is 6.62. The zero-order valence-electron chi connectivity index (χ0n) is 17.0. The Labute approximate surface area is 187 Å². The maximum absolute atomic E-state index is 4.58. The van der Waals surface area contributed by atoms with Crippen LogP contribution < -0.4 is 0 Å². The molecule has 0 amide bonds. The number of para-hydroxylation sites is 1. The average molecular weight is 425 g/mol. The van der Waals surface area contributed by atoms with Gasteiger partial charge >= 0.3 is 0 Å². The van der Waals surface area contributed by atoms with E-state index in [0.29, 0.717) is 0 Å². The number of rotatable bonds is 1. The molecule has 0 atom stereocenters. The Balaban J connectivity index is 1.65. The first-order valence-electron chi connectivity index (χ1n) is 10.8. The molecule has 0 saturated carbocycles. The molecule has 8 rings (SSSR count). The third kappa shape index (κ3) is 1.97. The van der Waals surface area contributed by atoms with Crippen LogP contribution in [0.3, 0.4) is 0 Å². The zero-order valence-corrected chi connectivity index (χ0v) is 17.9. The summed E-state index contributed by atoms with van der Waals surface area (Å²) in [4.78, 5) is 4.58. The van der Waals surface area contributed by atoms with Crippen LogP contribution in [0.4, 0.5) is 0 Å². The van der Waals surface area contributed by atoms with Crippen LogP contribution in [0.2, 0.25) is 0 Å². The molecule has 0 spiro atoms.